The van der Waals surface area contributed by atoms with Crippen LogP contribution in [0.1, 0.15) is 64.1 Å². The molecule has 4 heterocycles. The largest absolute Gasteiger partial charge is 0.493 e. The molecule has 2 N–H and O–H groups in total. The van der Waals surface area contributed by atoms with Crippen LogP contribution in [0.15, 0.2) is 35.6 Å². The number of imidazole rings is 1. The number of amides is 3. The fraction of sp³-hybridized carbons (Fsp3) is 0.400. The molecule has 0 radical (unpaired) electrons. The zero-order valence-corrected chi connectivity index (χ0v) is 25.1. The van der Waals surface area contributed by atoms with E-state index >= 15 is 0 Å². The highest BCUT2D eigenvalue weighted by Gasteiger charge is 2.32. The number of nitrogens with one attached hydrogen (secondary N) is 2. The van der Waals surface area contributed by atoms with Gasteiger partial charge in [-0.05, 0) is 38.3 Å². The van der Waals surface area contributed by atoms with Crippen LogP contribution in [0.3, 0.4) is 0 Å². The van der Waals surface area contributed by atoms with Crippen molar-refractivity contribution < 1.29 is 33.4 Å². The van der Waals surface area contributed by atoms with Gasteiger partial charge in [-0.15, -0.1) is 0 Å². The number of methoxy groups -OCH3 is 1. The van der Waals surface area contributed by atoms with Gasteiger partial charge in [0.2, 0.25) is 11.7 Å². The number of hydrogen-bond acceptors (Lipinski definition) is 9. The molecule has 0 unspecified atom stereocenters. The molecule has 1 saturated heterocycles. The lowest BCUT2D eigenvalue weighted by atomic mass is 10.1. The minimum absolute atomic E-state index is 0.00531. The van der Waals surface area contributed by atoms with Crippen LogP contribution in [-0.2, 0) is 23.6 Å². The Morgan fingerprint density at radius 1 is 1.07 bits per heavy atom. The van der Waals surface area contributed by atoms with Gasteiger partial charge in [0.1, 0.15) is 5.69 Å². The van der Waals surface area contributed by atoms with E-state index in [2.05, 4.69) is 20.6 Å². The van der Waals surface area contributed by atoms with Gasteiger partial charge in [0, 0.05) is 51.7 Å². The fourth-order valence-corrected chi connectivity index (χ4v) is 5.21. The molecule has 3 aromatic rings. The highest BCUT2D eigenvalue weighted by atomic mass is 16.5. The van der Waals surface area contributed by atoms with Crippen LogP contribution in [0, 0.1) is 0 Å². The summed E-state index contributed by atoms with van der Waals surface area (Å²) in [6.07, 6.45) is 7.38. The Hall–Kier alpha value is -5.14. The standard InChI is InChI=1S/C30H35N7O7/c1-5-43-30(41)27-33-25(17-36(27)3)34-28(39)22-12-18(16-35(22)2)32-26(38)9-7-11-44-24-14-21-20(13-23(24)42-4)29(40)37-10-6-8-19(37)15-31-21/h12-17,19H,5-11H2,1-4H3,(H,32,38)(H,34,39)/t19-/m0/s1. The summed E-state index contributed by atoms with van der Waals surface area (Å²) in [5.41, 5.74) is 1.74. The lowest BCUT2D eigenvalue weighted by Crippen LogP contribution is -2.35. The number of carbonyl (C=O) groups is 4. The van der Waals surface area contributed by atoms with E-state index in [1.165, 1.54) is 17.9 Å². The molecule has 0 bridgehead atoms. The quantitative estimate of drug-likeness (QED) is 0.249. The first-order valence-electron chi connectivity index (χ1n) is 14.4. The summed E-state index contributed by atoms with van der Waals surface area (Å²) < 4.78 is 19.4. The molecule has 0 aliphatic carbocycles. The number of nitrogens with zero attached hydrogens (tertiary/aromatic N) is 5. The van der Waals surface area contributed by atoms with Gasteiger partial charge in [0.25, 0.3) is 11.8 Å². The molecule has 0 spiro atoms. The van der Waals surface area contributed by atoms with E-state index in [0.717, 1.165) is 12.8 Å². The van der Waals surface area contributed by atoms with E-state index in [1.807, 2.05) is 11.1 Å². The van der Waals surface area contributed by atoms with Gasteiger partial charge >= 0.3 is 5.97 Å². The molecule has 5 rings (SSSR count). The molecule has 14 nitrogen and oxygen atoms in total. The summed E-state index contributed by atoms with van der Waals surface area (Å²) in [4.78, 5) is 61.0. The van der Waals surface area contributed by atoms with Crippen LogP contribution < -0.4 is 20.1 Å². The summed E-state index contributed by atoms with van der Waals surface area (Å²) in [7, 11) is 4.81. The Kier molecular flexibility index (Phi) is 8.97. The minimum atomic E-state index is -0.590. The molecule has 1 fully saturated rings. The van der Waals surface area contributed by atoms with Gasteiger partial charge in [-0.3, -0.25) is 19.4 Å². The van der Waals surface area contributed by atoms with E-state index < -0.39 is 11.9 Å². The zero-order chi connectivity index (χ0) is 31.4. The molecular weight excluding hydrogens is 570 g/mol. The normalized spacial score (nSPS) is 15.3. The number of carbonyl (C=O) groups excluding carboxylic acids is 4. The maximum absolute atomic E-state index is 13.0. The van der Waals surface area contributed by atoms with Gasteiger partial charge in [0.15, 0.2) is 17.3 Å². The number of fused-ring (bicyclic) bond motifs is 2. The number of anilines is 2. The Balaban J connectivity index is 1.13. The fourth-order valence-electron chi connectivity index (χ4n) is 5.21. The molecule has 0 saturated carbocycles. The van der Waals surface area contributed by atoms with Crippen molar-refractivity contribution in [2.45, 2.75) is 38.6 Å². The second kappa shape index (κ2) is 13.0. The topological polar surface area (TPSA) is 158 Å². The average Bonchev–Trinajstić information content (AvgIpc) is 3.70. The van der Waals surface area contributed by atoms with E-state index in [-0.39, 0.29) is 54.8 Å². The molecular formula is C30H35N7O7. The first-order valence-corrected chi connectivity index (χ1v) is 14.4. The number of aryl methyl sites for hydroxylation is 2. The van der Waals surface area contributed by atoms with E-state index in [4.69, 9.17) is 14.2 Å². The summed E-state index contributed by atoms with van der Waals surface area (Å²) >= 11 is 0. The molecule has 232 valence electrons. The van der Waals surface area contributed by atoms with Crippen LogP contribution >= 0.6 is 0 Å². The monoisotopic (exact) mass is 605 g/mol. The van der Waals surface area contributed by atoms with Crippen molar-refractivity contribution in [3.05, 3.63) is 47.7 Å². The molecule has 1 atom stereocenters. The van der Waals surface area contributed by atoms with Crippen molar-refractivity contribution in [3.63, 3.8) is 0 Å². The van der Waals surface area contributed by atoms with E-state index in [0.29, 0.717) is 41.4 Å². The van der Waals surface area contributed by atoms with Gasteiger partial charge in [0.05, 0.1) is 43.3 Å². The van der Waals surface area contributed by atoms with Crippen LogP contribution in [0.4, 0.5) is 17.2 Å². The second-order valence-corrected chi connectivity index (χ2v) is 10.5. The van der Waals surface area contributed by atoms with Gasteiger partial charge in [-0.2, -0.15) is 0 Å². The third kappa shape index (κ3) is 6.43. The molecule has 2 aliphatic heterocycles. The zero-order valence-electron chi connectivity index (χ0n) is 25.1. The van der Waals surface area contributed by atoms with Gasteiger partial charge < -0.3 is 38.9 Å². The smallest absolute Gasteiger partial charge is 0.374 e. The van der Waals surface area contributed by atoms with Crippen molar-refractivity contribution in [2.75, 3.05) is 37.5 Å². The van der Waals surface area contributed by atoms with Gasteiger partial charge in [-0.1, -0.05) is 0 Å². The Bertz CT molecular complexity index is 1620. The molecule has 2 aromatic heterocycles. The number of hydrogen-bond donors (Lipinski definition) is 2. The predicted molar refractivity (Wildman–Crippen MR) is 161 cm³/mol. The lowest BCUT2D eigenvalue weighted by Gasteiger charge is -2.20. The number of ether oxygens (including phenoxy) is 3. The summed E-state index contributed by atoms with van der Waals surface area (Å²) in [5.74, 6) is -0.244. The highest BCUT2D eigenvalue weighted by Crippen LogP contribution is 2.38. The number of benzene rings is 1. The van der Waals surface area contributed by atoms with Crippen molar-refractivity contribution in [2.24, 2.45) is 19.1 Å². The number of rotatable bonds is 11. The third-order valence-electron chi connectivity index (χ3n) is 7.36. The Morgan fingerprint density at radius 3 is 2.66 bits per heavy atom. The first-order chi connectivity index (χ1) is 21.2. The SMILES string of the molecule is CCOC(=O)c1nc(NC(=O)c2cc(NC(=O)CCCOc3cc4c(cc3OC)C(=O)N3CCC[C@H]3C=N4)cn2C)cn1C. The third-order valence-corrected chi connectivity index (χ3v) is 7.36. The number of esters is 1. The van der Waals surface area contributed by atoms with E-state index in [1.54, 1.807) is 50.0 Å². The lowest BCUT2D eigenvalue weighted by molar-refractivity contribution is -0.116. The van der Waals surface area contributed by atoms with Crippen LogP contribution in [0.25, 0.3) is 0 Å². The van der Waals surface area contributed by atoms with Crippen LogP contribution in [0.5, 0.6) is 11.5 Å². The van der Waals surface area contributed by atoms with E-state index in [9.17, 15) is 19.2 Å². The average molecular weight is 606 g/mol. The van der Waals surface area contributed by atoms with Gasteiger partial charge in [-0.25, -0.2) is 9.78 Å². The summed E-state index contributed by atoms with van der Waals surface area (Å²) in [5, 5.41) is 5.45. The Morgan fingerprint density at radius 2 is 1.89 bits per heavy atom. The van der Waals surface area contributed by atoms with Crippen molar-refractivity contribution in [1.29, 1.82) is 0 Å². The molecule has 44 heavy (non-hydrogen) atoms. The molecule has 3 amide bonds. The highest BCUT2D eigenvalue weighted by molar-refractivity contribution is 6.05. The first kappa shape index (κ1) is 30.3. The predicted octanol–water partition coefficient (Wildman–Crippen LogP) is 3.31. The maximum Gasteiger partial charge on any atom is 0.374 e. The van der Waals surface area contributed by atoms with Crippen molar-refractivity contribution >= 4 is 47.1 Å². The molecule has 2 aliphatic rings. The maximum atomic E-state index is 13.0. The van der Waals surface area contributed by atoms with Crippen LogP contribution in [0.2, 0.25) is 0 Å². The summed E-state index contributed by atoms with van der Waals surface area (Å²) in [6, 6.07) is 4.91. The Labute approximate surface area is 254 Å². The number of aliphatic imine (C=N–C) groups is 1. The molecule has 1 aromatic carbocycles. The second-order valence-electron chi connectivity index (χ2n) is 10.5. The van der Waals surface area contributed by atoms with Crippen molar-refractivity contribution in [1.82, 2.24) is 19.0 Å². The minimum Gasteiger partial charge on any atom is -0.493 e. The molecule has 14 heteroatoms. The van der Waals surface area contributed by atoms with Crippen molar-refractivity contribution in [3.8, 4) is 11.5 Å². The number of aromatic nitrogens is 3. The summed E-state index contributed by atoms with van der Waals surface area (Å²) in [6.45, 7) is 2.84. The van der Waals surface area contributed by atoms with Crippen LogP contribution in [-0.4, -0.2) is 81.8 Å².